The molecule has 3 heterocycles. The molecule has 1 aliphatic rings. The summed E-state index contributed by atoms with van der Waals surface area (Å²) in [5.74, 6) is 1.01. The van der Waals surface area contributed by atoms with E-state index in [-0.39, 0.29) is 0 Å². The second kappa shape index (κ2) is 4.03. The lowest BCUT2D eigenvalue weighted by Crippen LogP contribution is -2.10. The van der Waals surface area contributed by atoms with Crippen molar-refractivity contribution in [3.8, 4) is 5.69 Å². The predicted molar refractivity (Wildman–Crippen MR) is 74.7 cm³/mol. The van der Waals surface area contributed by atoms with Crippen LogP contribution in [0.3, 0.4) is 0 Å². The number of benzene rings is 1. The van der Waals surface area contributed by atoms with E-state index in [9.17, 15) is 0 Å². The first kappa shape index (κ1) is 10.9. The standard InChI is InChI=1S/C15H12N2OS/c1-10-13-14(12-8-5-9-18-12)19-15(13)17(16-10)11-6-3-2-4-7-11/h2-9,14H,1H3. The quantitative estimate of drug-likeness (QED) is 0.704. The third-order valence-corrected chi connectivity index (χ3v) is 4.68. The van der Waals surface area contributed by atoms with Gasteiger partial charge in [-0.05, 0) is 31.2 Å². The molecular weight excluding hydrogens is 256 g/mol. The van der Waals surface area contributed by atoms with Gasteiger partial charge in [0.1, 0.15) is 10.8 Å². The van der Waals surface area contributed by atoms with Gasteiger partial charge in [-0.2, -0.15) is 5.10 Å². The van der Waals surface area contributed by atoms with Crippen LogP contribution in [0.15, 0.2) is 58.2 Å². The van der Waals surface area contributed by atoms with Crippen LogP contribution in [0.4, 0.5) is 0 Å². The van der Waals surface area contributed by atoms with E-state index in [4.69, 9.17) is 4.42 Å². The number of fused-ring (bicyclic) bond motifs is 1. The zero-order chi connectivity index (χ0) is 12.8. The van der Waals surface area contributed by atoms with Gasteiger partial charge in [0.2, 0.25) is 0 Å². The summed E-state index contributed by atoms with van der Waals surface area (Å²) in [6.45, 7) is 2.06. The molecule has 0 saturated carbocycles. The first-order valence-electron chi connectivity index (χ1n) is 6.19. The Labute approximate surface area is 115 Å². The highest BCUT2D eigenvalue weighted by Crippen LogP contribution is 2.55. The number of thioether (sulfide) groups is 1. The summed E-state index contributed by atoms with van der Waals surface area (Å²) in [6.07, 6.45) is 1.73. The van der Waals surface area contributed by atoms with Crippen molar-refractivity contribution in [1.29, 1.82) is 0 Å². The van der Waals surface area contributed by atoms with E-state index in [1.165, 1.54) is 10.6 Å². The Bertz CT molecular complexity index is 716. The normalized spacial score (nSPS) is 17.0. The molecule has 2 aromatic heterocycles. The summed E-state index contributed by atoms with van der Waals surface area (Å²) >= 11 is 1.81. The van der Waals surface area contributed by atoms with Crippen molar-refractivity contribution in [2.24, 2.45) is 0 Å². The first-order chi connectivity index (χ1) is 9.34. The van der Waals surface area contributed by atoms with Crippen LogP contribution in [-0.2, 0) is 0 Å². The summed E-state index contributed by atoms with van der Waals surface area (Å²) in [5, 5.41) is 6.18. The Balaban J connectivity index is 1.80. The van der Waals surface area contributed by atoms with E-state index in [1.54, 1.807) is 18.0 Å². The van der Waals surface area contributed by atoms with Crippen molar-refractivity contribution in [2.75, 3.05) is 0 Å². The van der Waals surface area contributed by atoms with Crippen molar-refractivity contribution < 1.29 is 4.42 Å². The number of aromatic nitrogens is 2. The molecule has 1 aromatic carbocycles. The third kappa shape index (κ3) is 1.56. The SMILES string of the molecule is Cc1nn(-c2ccccc2)c2c1C(c1ccco1)S2. The van der Waals surface area contributed by atoms with Crippen molar-refractivity contribution in [3.05, 3.63) is 65.7 Å². The minimum atomic E-state index is 0.294. The van der Waals surface area contributed by atoms with Crippen LogP contribution in [0.25, 0.3) is 5.69 Å². The van der Waals surface area contributed by atoms with Gasteiger partial charge < -0.3 is 4.42 Å². The van der Waals surface area contributed by atoms with Gasteiger partial charge in [0.25, 0.3) is 0 Å². The average Bonchev–Trinajstić information content (AvgIpc) is 2.98. The Kier molecular flexibility index (Phi) is 2.32. The molecule has 0 aliphatic carbocycles. The van der Waals surface area contributed by atoms with Crippen molar-refractivity contribution >= 4 is 11.8 Å². The number of furan rings is 1. The highest BCUT2D eigenvalue weighted by Gasteiger charge is 2.37. The number of nitrogens with zero attached hydrogens (tertiary/aromatic N) is 2. The van der Waals surface area contributed by atoms with Crippen LogP contribution in [0, 0.1) is 6.92 Å². The summed E-state index contributed by atoms with van der Waals surface area (Å²) in [4.78, 5) is 0. The molecule has 1 atom stereocenters. The van der Waals surface area contributed by atoms with Gasteiger partial charge in [-0.15, -0.1) is 0 Å². The molecule has 94 valence electrons. The van der Waals surface area contributed by atoms with Gasteiger partial charge in [-0.1, -0.05) is 30.0 Å². The van der Waals surface area contributed by atoms with Crippen LogP contribution in [0.2, 0.25) is 0 Å². The Hall–Kier alpha value is -1.94. The van der Waals surface area contributed by atoms with Crippen LogP contribution < -0.4 is 0 Å². The molecule has 0 saturated heterocycles. The number of hydrogen-bond donors (Lipinski definition) is 0. The zero-order valence-corrected chi connectivity index (χ0v) is 11.2. The van der Waals surface area contributed by atoms with E-state index in [0.717, 1.165) is 17.1 Å². The molecule has 3 nitrogen and oxygen atoms in total. The van der Waals surface area contributed by atoms with Crippen LogP contribution >= 0.6 is 11.8 Å². The van der Waals surface area contributed by atoms with Gasteiger partial charge in [-0.25, -0.2) is 4.68 Å². The topological polar surface area (TPSA) is 31.0 Å². The number of hydrogen-bond acceptors (Lipinski definition) is 3. The monoisotopic (exact) mass is 268 g/mol. The molecule has 19 heavy (non-hydrogen) atoms. The van der Waals surface area contributed by atoms with Crippen LogP contribution in [0.1, 0.15) is 22.3 Å². The summed E-state index contributed by atoms with van der Waals surface area (Å²) < 4.78 is 7.53. The minimum absolute atomic E-state index is 0.294. The van der Waals surface area contributed by atoms with E-state index in [2.05, 4.69) is 24.2 Å². The molecule has 0 fully saturated rings. The maximum Gasteiger partial charge on any atom is 0.121 e. The summed E-state index contributed by atoms with van der Waals surface area (Å²) in [6, 6.07) is 14.2. The Morgan fingerprint density at radius 1 is 1.16 bits per heavy atom. The Morgan fingerprint density at radius 3 is 2.74 bits per heavy atom. The first-order valence-corrected chi connectivity index (χ1v) is 7.07. The van der Waals surface area contributed by atoms with Crippen molar-refractivity contribution in [1.82, 2.24) is 9.78 Å². The van der Waals surface area contributed by atoms with Gasteiger partial charge in [0, 0.05) is 5.56 Å². The summed E-state index contributed by atoms with van der Waals surface area (Å²) in [7, 11) is 0. The van der Waals surface area contributed by atoms with E-state index in [1.807, 2.05) is 35.0 Å². The average molecular weight is 268 g/mol. The fourth-order valence-corrected chi connectivity index (χ4v) is 3.76. The van der Waals surface area contributed by atoms with Crippen molar-refractivity contribution in [2.45, 2.75) is 17.2 Å². The molecule has 3 aromatic rings. The van der Waals surface area contributed by atoms with E-state index in [0.29, 0.717) is 5.25 Å². The molecule has 0 spiro atoms. The minimum Gasteiger partial charge on any atom is -0.468 e. The number of aryl methyl sites for hydroxylation is 1. The van der Waals surface area contributed by atoms with Gasteiger partial charge in [0.05, 0.1) is 22.9 Å². The lowest BCUT2D eigenvalue weighted by atomic mass is 10.1. The van der Waals surface area contributed by atoms with Gasteiger partial charge in [-0.3, -0.25) is 0 Å². The smallest absolute Gasteiger partial charge is 0.121 e. The molecule has 4 rings (SSSR count). The highest BCUT2D eigenvalue weighted by molar-refractivity contribution is 8.01. The van der Waals surface area contributed by atoms with E-state index >= 15 is 0 Å². The second-order valence-electron chi connectivity index (χ2n) is 4.56. The van der Waals surface area contributed by atoms with Crippen LogP contribution in [0.5, 0.6) is 0 Å². The van der Waals surface area contributed by atoms with Gasteiger partial charge >= 0.3 is 0 Å². The summed E-state index contributed by atoms with van der Waals surface area (Å²) in [5.41, 5.74) is 3.49. The predicted octanol–water partition coefficient (Wildman–Crippen LogP) is 3.97. The van der Waals surface area contributed by atoms with Crippen molar-refractivity contribution in [3.63, 3.8) is 0 Å². The largest absolute Gasteiger partial charge is 0.468 e. The molecule has 0 amide bonds. The van der Waals surface area contributed by atoms with Crippen LogP contribution in [-0.4, -0.2) is 9.78 Å². The Morgan fingerprint density at radius 2 is 2.00 bits per heavy atom. The lowest BCUT2D eigenvalue weighted by Gasteiger charge is -2.25. The molecule has 1 unspecified atom stereocenters. The number of para-hydroxylation sites is 1. The maximum atomic E-state index is 5.51. The zero-order valence-electron chi connectivity index (χ0n) is 10.4. The molecular formula is C15H12N2OS. The molecule has 0 radical (unpaired) electrons. The number of rotatable bonds is 2. The fraction of sp³-hybridized carbons (Fsp3) is 0.133. The maximum absolute atomic E-state index is 5.51. The van der Waals surface area contributed by atoms with Gasteiger partial charge in [0.15, 0.2) is 0 Å². The molecule has 0 bridgehead atoms. The lowest BCUT2D eigenvalue weighted by molar-refractivity contribution is 0.512. The fourth-order valence-electron chi connectivity index (χ4n) is 2.43. The second-order valence-corrected chi connectivity index (χ2v) is 5.66. The molecule has 4 heteroatoms. The highest BCUT2D eigenvalue weighted by atomic mass is 32.2. The molecule has 1 aliphatic heterocycles. The molecule has 0 N–H and O–H groups in total. The third-order valence-electron chi connectivity index (χ3n) is 3.36. The van der Waals surface area contributed by atoms with E-state index < -0.39 is 0 Å².